The number of β-amino-alcohol motifs (C(OH)–C–C–N with tert-alkyl or cyclic N) is 1. The summed E-state index contributed by atoms with van der Waals surface area (Å²) >= 11 is 0. The van der Waals surface area contributed by atoms with E-state index in [1.165, 1.54) is 33.5 Å². The monoisotopic (exact) mass is 325 g/mol. The van der Waals surface area contributed by atoms with Crippen LogP contribution in [-0.2, 0) is 17.1 Å². The Labute approximate surface area is 127 Å². The van der Waals surface area contributed by atoms with Crippen molar-refractivity contribution in [3.63, 3.8) is 0 Å². The maximum absolute atomic E-state index is 13.1. The van der Waals surface area contributed by atoms with Crippen molar-refractivity contribution in [2.75, 3.05) is 6.54 Å². The minimum absolute atomic E-state index is 0.0132. The first-order valence-corrected chi connectivity index (χ1v) is 8.26. The van der Waals surface area contributed by atoms with Crippen molar-refractivity contribution in [1.29, 1.82) is 0 Å². The van der Waals surface area contributed by atoms with Crippen molar-refractivity contribution in [2.24, 2.45) is 7.05 Å². The van der Waals surface area contributed by atoms with E-state index in [1.807, 2.05) is 0 Å². The van der Waals surface area contributed by atoms with E-state index < -0.39 is 22.2 Å². The molecule has 8 heteroatoms. The van der Waals surface area contributed by atoms with Gasteiger partial charge in [0.2, 0.25) is 10.0 Å². The molecule has 6 nitrogen and oxygen atoms in total. The lowest BCUT2D eigenvalue weighted by Gasteiger charge is -2.23. The van der Waals surface area contributed by atoms with Crippen molar-refractivity contribution in [3.8, 4) is 0 Å². The average Bonchev–Trinajstić information content (AvgIpc) is 3.06. The van der Waals surface area contributed by atoms with Gasteiger partial charge >= 0.3 is 0 Å². The molecule has 0 saturated carbocycles. The molecule has 2 heterocycles. The lowest BCUT2D eigenvalue weighted by atomic mass is 10.0. The van der Waals surface area contributed by atoms with E-state index in [9.17, 15) is 17.9 Å². The van der Waals surface area contributed by atoms with E-state index in [4.69, 9.17) is 0 Å². The molecule has 0 aliphatic carbocycles. The number of aliphatic hydroxyl groups excluding tert-OH is 1. The molecule has 1 aliphatic heterocycles. The Kier molecular flexibility index (Phi) is 3.75. The highest BCUT2D eigenvalue weighted by Crippen LogP contribution is 2.36. The average molecular weight is 325 g/mol. The molecule has 0 unspecified atom stereocenters. The van der Waals surface area contributed by atoms with Gasteiger partial charge in [-0.25, -0.2) is 12.8 Å². The van der Waals surface area contributed by atoms with Crippen LogP contribution in [0.1, 0.15) is 18.0 Å². The number of benzene rings is 1. The van der Waals surface area contributed by atoms with E-state index in [0.29, 0.717) is 5.56 Å². The van der Waals surface area contributed by atoms with Crippen LogP contribution < -0.4 is 0 Å². The van der Waals surface area contributed by atoms with Gasteiger partial charge in [-0.05, 0) is 24.1 Å². The van der Waals surface area contributed by atoms with E-state index in [1.54, 1.807) is 19.2 Å². The summed E-state index contributed by atoms with van der Waals surface area (Å²) in [6.07, 6.45) is 2.23. The fourth-order valence-corrected chi connectivity index (χ4v) is 4.35. The molecule has 1 fully saturated rings. The Bertz CT molecular complexity index is 773. The molecule has 1 aromatic carbocycles. The number of aliphatic hydroxyl groups is 1. The number of sulfonamides is 1. The molecule has 0 radical (unpaired) electrons. The van der Waals surface area contributed by atoms with Crippen LogP contribution in [0.2, 0.25) is 0 Å². The number of halogens is 1. The zero-order valence-corrected chi connectivity index (χ0v) is 12.7. The Hall–Kier alpha value is -1.77. The molecule has 1 aromatic heterocycles. The first kappa shape index (κ1) is 15.1. The maximum atomic E-state index is 13.1. The summed E-state index contributed by atoms with van der Waals surface area (Å²) in [5.41, 5.74) is 0.658. The van der Waals surface area contributed by atoms with Crippen LogP contribution in [0.4, 0.5) is 4.39 Å². The quantitative estimate of drug-likeness (QED) is 0.915. The standard InChI is InChI=1S/C14H16FN3O3S/c1-17-9-13(7-16-17)22(20,21)18-8-12(19)6-14(18)10-2-4-11(15)5-3-10/h2-5,7,9,12,14,19H,6,8H2,1H3/t12-,14+/m0/s1. The highest BCUT2D eigenvalue weighted by atomic mass is 32.2. The maximum Gasteiger partial charge on any atom is 0.246 e. The number of aromatic nitrogens is 2. The van der Waals surface area contributed by atoms with Gasteiger partial charge in [0.05, 0.1) is 18.3 Å². The molecule has 0 spiro atoms. The normalized spacial score (nSPS) is 23.0. The van der Waals surface area contributed by atoms with Gasteiger partial charge in [0.1, 0.15) is 10.7 Å². The summed E-state index contributed by atoms with van der Waals surface area (Å²) in [6, 6.07) is 5.15. The summed E-state index contributed by atoms with van der Waals surface area (Å²) in [5, 5.41) is 13.8. The van der Waals surface area contributed by atoms with Crippen LogP contribution in [0.25, 0.3) is 0 Å². The second-order valence-electron chi connectivity index (χ2n) is 5.38. The molecule has 2 aromatic rings. The Morgan fingerprint density at radius 3 is 2.59 bits per heavy atom. The van der Waals surface area contributed by atoms with E-state index in [-0.39, 0.29) is 23.7 Å². The summed E-state index contributed by atoms with van der Waals surface area (Å²) in [6.45, 7) is 0.0132. The van der Waals surface area contributed by atoms with E-state index in [2.05, 4.69) is 5.10 Å². The van der Waals surface area contributed by atoms with Gasteiger partial charge in [0.15, 0.2) is 0 Å². The second-order valence-corrected chi connectivity index (χ2v) is 7.27. The van der Waals surface area contributed by atoms with Gasteiger partial charge in [-0.1, -0.05) is 12.1 Å². The number of hydrogen-bond acceptors (Lipinski definition) is 4. The minimum atomic E-state index is -3.76. The zero-order chi connectivity index (χ0) is 15.9. The van der Waals surface area contributed by atoms with Crippen molar-refractivity contribution in [2.45, 2.75) is 23.5 Å². The third-order valence-corrected chi connectivity index (χ3v) is 5.60. The molecule has 3 rings (SSSR count). The molecule has 1 saturated heterocycles. The Morgan fingerprint density at radius 1 is 1.32 bits per heavy atom. The van der Waals surface area contributed by atoms with Gasteiger partial charge in [-0.3, -0.25) is 4.68 Å². The smallest absolute Gasteiger partial charge is 0.246 e. The van der Waals surface area contributed by atoms with Gasteiger partial charge in [-0.15, -0.1) is 0 Å². The molecule has 2 atom stereocenters. The highest BCUT2D eigenvalue weighted by molar-refractivity contribution is 7.89. The van der Waals surface area contributed by atoms with Crippen molar-refractivity contribution in [1.82, 2.24) is 14.1 Å². The largest absolute Gasteiger partial charge is 0.392 e. The van der Waals surface area contributed by atoms with Crippen LogP contribution in [0, 0.1) is 5.82 Å². The minimum Gasteiger partial charge on any atom is -0.392 e. The third-order valence-electron chi connectivity index (χ3n) is 3.78. The predicted octanol–water partition coefficient (Wildman–Crippen LogP) is 1.06. The molecule has 22 heavy (non-hydrogen) atoms. The fraction of sp³-hybridized carbons (Fsp3) is 0.357. The molecular weight excluding hydrogens is 309 g/mol. The Balaban J connectivity index is 1.98. The van der Waals surface area contributed by atoms with Crippen LogP contribution in [0.5, 0.6) is 0 Å². The summed E-state index contributed by atoms with van der Waals surface area (Å²) in [7, 11) is -2.13. The number of aryl methyl sites for hydroxylation is 1. The lowest BCUT2D eigenvalue weighted by Crippen LogP contribution is -2.31. The molecule has 1 aliphatic rings. The predicted molar refractivity (Wildman–Crippen MR) is 76.9 cm³/mol. The molecule has 1 N–H and O–H groups in total. The molecule has 118 valence electrons. The van der Waals surface area contributed by atoms with Gasteiger partial charge < -0.3 is 5.11 Å². The van der Waals surface area contributed by atoms with Crippen LogP contribution >= 0.6 is 0 Å². The third kappa shape index (κ3) is 2.65. The molecule has 0 bridgehead atoms. The zero-order valence-electron chi connectivity index (χ0n) is 11.9. The van der Waals surface area contributed by atoms with E-state index in [0.717, 1.165) is 0 Å². The highest BCUT2D eigenvalue weighted by Gasteiger charge is 2.40. The lowest BCUT2D eigenvalue weighted by molar-refractivity contribution is 0.188. The van der Waals surface area contributed by atoms with Crippen molar-refractivity contribution >= 4 is 10.0 Å². The van der Waals surface area contributed by atoms with Gasteiger partial charge in [-0.2, -0.15) is 9.40 Å². The number of nitrogens with zero attached hydrogens (tertiary/aromatic N) is 3. The molecular formula is C14H16FN3O3S. The molecule has 0 amide bonds. The first-order chi connectivity index (χ1) is 10.4. The van der Waals surface area contributed by atoms with Crippen molar-refractivity contribution in [3.05, 3.63) is 48.0 Å². The Morgan fingerprint density at radius 2 is 2.00 bits per heavy atom. The summed E-state index contributed by atoms with van der Waals surface area (Å²) in [4.78, 5) is 0.0798. The van der Waals surface area contributed by atoms with Crippen molar-refractivity contribution < 1.29 is 17.9 Å². The fourth-order valence-electron chi connectivity index (χ4n) is 2.71. The van der Waals surface area contributed by atoms with Crippen LogP contribution in [0.3, 0.4) is 0 Å². The number of hydrogen-bond donors (Lipinski definition) is 1. The SMILES string of the molecule is Cn1cc(S(=O)(=O)N2C[C@@H](O)C[C@@H]2c2ccc(F)cc2)cn1. The summed E-state index contributed by atoms with van der Waals surface area (Å²) in [5.74, 6) is -0.385. The van der Waals surface area contributed by atoms with E-state index >= 15 is 0 Å². The number of rotatable bonds is 3. The second kappa shape index (κ2) is 5.45. The topological polar surface area (TPSA) is 75.4 Å². The van der Waals surface area contributed by atoms with Crippen LogP contribution in [0.15, 0.2) is 41.6 Å². The van der Waals surface area contributed by atoms with Crippen LogP contribution in [-0.4, -0.2) is 40.3 Å². The summed E-state index contributed by atoms with van der Waals surface area (Å²) < 4.78 is 41.2. The van der Waals surface area contributed by atoms with Gasteiger partial charge in [0.25, 0.3) is 0 Å². The van der Waals surface area contributed by atoms with Gasteiger partial charge in [0, 0.05) is 19.8 Å². The first-order valence-electron chi connectivity index (χ1n) is 6.82.